The Hall–Kier alpha value is -2.97. The Morgan fingerprint density at radius 1 is 1.36 bits per heavy atom. The standard InChI is InChI=1S/C16H18FN3O5/c1-24-11-7-5-10(6-8-11)15-19-14(25-20-15)4-2-3-13(21)18-12(9-17)16(22)23/h5-8,12H,2-4,9H2,1H3,(H,18,21)(H,22,23). The number of amides is 1. The molecule has 0 saturated carbocycles. The number of nitrogens with one attached hydrogen (secondary N) is 1. The fourth-order valence-electron chi connectivity index (χ4n) is 2.05. The van der Waals surface area contributed by atoms with Crippen molar-refractivity contribution in [1.29, 1.82) is 0 Å². The molecule has 0 bridgehead atoms. The van der Waals surface area contributed by atoms with Gasteiger partial charge in [0.05, 0.1) is 7.11 Å². The van der Waals surface area contributed by atoms with Crippen molar-refractivity contribution in [2.45, 2.75) is 25.3 Å². The summed E-state index contributed by atoms with van der Waals surface area (Å²) in [5.74, 6) is -0.451. The smallest absolute Gasteiger partial charge is 0.328 e. The number of nitrogens with zero attached hydrogens (tertiary/aromatic N) is 2. The fraction of sp³-hybridized carbons (Fsp3) is 0.375. The molecule has 0 aliphatic carbocycles. The first-order valence-corrected chi connectivity index (χ1v) is 7.58. The lowest BCUT2D eigenvalue weighted by Crippen LogP contribution is -2.42. The molecule has 0 spiro atoms. The van der Waals surface area contributed by atoms with E-state index >= 15 is 0 Å². The summed E-state index contributed by atoms with van der Waals surface area (Å²) in [5.41, 5.74) is 0.765. The second-order valence-electron chi connectivity index (χ2n) is 5.21. The summed E-state index contributed by atoms with van der Waals surface area (Å²) < 4.78 is 22.6. The molecule has 134 valence electrons. The second-order valence-corrected chi connectivity index (χ2v) is 5.21. The Morgan fingerprint density at radius 2 is 2.08 bits per heavy atom. The van der Waals surface area contributed by atoms with Crippen LogP contribution < -0.4 is 10.1 Å². The molecule has 2 aromatic rings. The summed E-state index contributed by atoms with van der Waals surface area (Å²) in [4.78, 5) is 26.5. The zero-order chi connectivity index (χ0) is 18.2. The van der Waals surface area contributed by atoms with Crippen molar-refractivity contribution >= 4 is 11.9 Å². The number of carbonyl (C=O) groups excluding carboxylic acids is 1. The van der Waals surface area contributed by atoms with Crippen molar-refractivity contribution in [1.82, 2.24) is 15.5 Å². The van der Waals surface area contributed by atoms with Gasteiger partial charge < -0.3 is 19.7 Å². The Bertz CT molecular complexity index is 717. The van der Waals surface area contributed by atoms with E-state index in [0.717, 1.165) is 5.56 Å². The minimum absolute atomic E-state index is 0.0318. The van der Waals surface area contributed by atoms with Gasteiger partial charge in [-0.05, 0) is 30.7 Å². The lowest BCUT2D eigenvalue weighted by Gasteiger charge is -2.09. The van der Waals surface area contributed by atoms with Gasteiger partial charge >= 0.3 is 5.97 Å². The maximum atomic E-state index is 12.4. The number of alkyl halides is 1. The number of aromatic nitrogens is 2. The summed E-state index contributed by atoms with van der Waals surface area (Å²) in [7, 11) is 1.57. The lowest BCUT2D eigenvalue weighted by atomic mass is 10.2. The molecule has 1 unspecified atom stereocenters. The fourth-order valence-corrected chi connectivity index (χ4v) is 2.05. The van der Waals surface area contributed by atoms with Gasteiger partial charge in [-0.3, -0.25) is 4.79 Å². The molecule has 0 saturated heterocycles. The topological polar surface area (TPSA) is 115 Å². The van der Waals surface area contributed by atoms with E-state index in [4.69, 9.17) is 14.4 Å². The number of benzene rings is 1. The average Bonchev–Trinajstić information content (AvgIpc) is 3.08. The number of carboxylic acids is 1. The molecule has 1 aromatic carbocycles. The van der Waals surface area contributed by atoms with Gasteiger partial charge in [-0.15, -0.1) is 0 Å². The minimum atomic E-state index is -1.52. The molecule has 0 fully saturated rings. The van der Waals surface area contributed by atoms with Crippen LogP contribution in [0, 0.1) is 0 Å². The van der Waals surface area contributed by atoms with Crippen molar-refractivity contribution in [3.8, 4) is 17.1 Å². The number of carboxylic acid groups (broad SMARTS) is 1. The molecular formula is C16H18FN3O5. The summed E-state index contributed by atoms with van der Waals surface area (Å²) in [6.07, 6.45) is 0.753. The molecule has 1 atom stereocenters. The third-order valence-electron chi connectivity index (χ3n) is 3.40. The van der Waals surface area contributed by atoms with Crippen LogP contribution in [-0.4, -0.2) is 46.9 Å². The monoisotopic (exact) mass is 351 g/mol. The molecule has 0 aliphatic rings. The average molecular weight is 351 g/mol. The van der Waals surface area contributed by atoms with E-state index in [2.05, 4.69) is 15.5 Å². The third-order valence-corrected chi connectivity index (χ3v) is 3.40. The summed E-state index contributed by atoms with van der Waals surface area (Å²) in [6, 6.07) is 5.63. The number of hydrogen-bond acceptors (Lipinski definition) is 6. The molecule has 0 aliphatic heterocycles. The van der Waals surface area contributed by atoms with Gasteiger partial charge in [-0.2, -0.15) is 4.98 Å². The molecule has 25 heavy (non-hydrogen) atoms. The van der Waals surface area contributed by atoms with E-state index in [1.807, 2.05) is 0 Å². The normalized spacial score (nSPS) is 11.8. The number of aliphatic carboxylic acids is 1. The highest BCUT2D eigenvalue weighted by atomic mass is 19.1. The molecule has 2 N–H and O–H groups in total. The van der Waals surface area contributed by atoms with Crippen LogP contribution >= 0.6 is 0 Å². The number of carbonyl (C=O) groups is 2. The van der Waals surface area contributed by atoms with Gasteiger partial charge in [0.25, 0.3) is 0 Å². The van der Waals surface area contributed by atoms with E-state index in [0.29, 0.717) is 30.3 Å². The number of aryl methyl sites for hydroxylation is 1. The van der Waals surface area contributed by atoms with E-state index in [1.165, 1.54) is 0 Å². The predicted octanol–water partition coefficient (Wildman–Crippen LogP) is 1.61. The SMILES string of the molecule is COc1ccc(-c2noc(CCCC(=O)NC(CF)C(=O)O)n2)cc1. The van der Waals surface area contributed by atoms with Gasteiger partial charge in [0.2, 0.25) is 17.6 Å². The zero-order valence-electron chi connectivity index (χ0n) is 13.6. The summed E-state index contributed by atoms with van der Waals surface area (Å²) in [5, 5.41) is 14.6. The first-order valence-electron chi connectivity index (χ1n) is 7.58. The van der Waals surface area contributed by atoms with Crippen LogP contribution in [0.4, 0.5) is 4.39 Å². The van der Waals surface area contributed by atoms with Crippen LogP contribution in [0.2, 0.25) is 0 Å². The van der Waals surface area contributed by atoms with E-state index < -0.39 is 24.6 Å². The van der Waals surface area contributed by atoms with Crippen molar-refractivity contribution in [3.63, 3.8) is 0 Å². The molecule has 2 rings (SSSR count). The number of ether oxygens (including phenoxy) is 1. The van der Waals surface area contributed by atoms with Gasteiger partial charge in [-0.25, -0.2) is 9.18 Å². The molecule has 8 nitrogen and oxygen atoms in total. The largest absolute Gasteiger partial charge is 0.497 e. The van der Waals surface area contributed by atoms with E-state index in [1.54, 1.807) is 31.4 Å². The maximum absolute atomic E-state index is 12.4. The van der Waals surface area contributed by atoms with Crippen molar-refractivity contribution < 1.29 is 28.3 Å². The minimum Gasteiger partial charge on any atom is -0.497 e. The van der Waals surface area contributed by atoms with Crippen LogP contribution in [0.15, 0.2) is 28.8 Å². The third kappa shape index (κ3) is 5.27. The summed E-state index contributed by atoms with van der Waals surface area (Å²) >= 11 is 0. The molecule has 1 heterocycles. The number of hydrogen-bond donors (Lipinski definition) is 2. The van der Waals surface area contributed by atoms with Gasteiger partial charge in [0.15, 0.2) is 6.04 Å². The zero-order valence-corrected chi connectivity index (χ0v) is 13.6. The van der Waals surface area contributed by atoms with Crippen molar-refractivity contribution in [2.24, 2.45) is 0 Å². The maximum Gasteiger partial charge on any atom is 0.328 e. The van der Waals surface area contributed by atoms with Gasteiger partial charge in [0, 0.05) is 18.4 Å². The van der Waals surface area contributed by atoms with Crippen molar-refractivity contribution in [3.05, 3.63) is 30.2 Å². The first kappa shape index (κ1) is 18.4. The molecule has 1 aromatic heterocycles. The Morgan fingerprint density at radius 3 is 2.68 bits per heavy atom. The van der Waals surface area contributed by atoms with Crippen LogP contribution in [0.5, 0.6) is 5.75 Å². The quantitative estimate of drug-likeness (QED) is 0.705. The first-order chi connectivity index (χ1) is 12.0. The highest BCUT2D eigenvalue weighted by Gasteiger charge is 2.19. The molecule has 9 heteroatoms. The van der Waals surface area contributed by atoms with Crippen LogP contribution in [0.1, 0.15) is 18.7 Å². The second kappa shape index (κ2) is 8.76. The Balaban J connectivity index is 1.83. The van der Waals surface area contributed by atoms with Crippen LogP contribution in [0.3, 0.4) is 0 Å². The van der Waals surface area contributed by atoms with Crippen LogP contribution in [-0.2, 0) is 16.0 Å². The number of methoxy groups -OCH3 is 1. The van der Waals surface area contributed by atoms with Crippen LogP contribution in [0.25, 0.3) is 11.4 Å². The molecule has 0 radical (unpaired) electrons. The number of halogens is 1. The van der Waals surface area contributed by atoms with Crippen molar-refractivity contribution in [2.75, 3.05) is 13.8 Å². The van der Waals surface area contributed by atoms with Gasteiger partial charge in [-0.1, -0.05) is 5.16 Å². The highest BCUT2D eigenvalue weighted by Crippen LogP contribution is 2.20. The predicted molar refractivity (Wildman–Crippen MR) is 84.8 cm³/mol. The van der Waals surface area contributed by atoms with E-state index in [9.17, 15) is 14.0 Å². The Kier molecular flexibility index (Phi) is 6.44. The summed E-state index contributed by atoms with van der Waals surface area (Å²) in [6.45, 7) is -1.16. The lowest BCUT2D eigenvalue weighted by molar-refractivity contribution is -0.142. The number of rotatable bonds is 9. The van der Waals surface area contributed by atoms with Gasteiger partial charge in [0.1, 0.15) is 12.4 Å². The Labute approximate surface area is 143 Å². The highest BCUT2D eigenvalue weighted by molar-refractivity contribution is 5.83. The molecule has 1 amide bonds. The molecular weight excluding hydrogens is 333 g/mol. The van der Waals surface area contributed by atoms with E-state index in [-0.39, 0.29) is 6.42 Å².